The third-order valence-electron chi connectivity index (χ3n) is 5.21. The van der Waals surface area contributed by atoms with Crippen molar-refractivity contribution in [1.29, 1.82) is 0 Å². The van der Waals surface area contributed by atoms with Gasteiger partial charge in [0.1, 0.15) is 10.7 Å². The number of benzene rings is 1. The molecule has 1 atom stereocenters. The zero-order valence-electron chi connectivity index (χ0n) is 18.2. The molecule has 5 rings (SSSR count). The van der Waals surface area contributed by atoms with Crippen molar-refractivity contribution >= 4 is 38.0 Å². The van der Waals surface area contributed by atoms with Crippen molar-refractivity contribution in [2.45, 2.75) is 18.6 Å². The van der Waals surface area contributed by atoms with E-state index in [1.54, 1.807) is 18.6 Å². The topological polar surface area (TPSA) is 89.6 Å². The third kappa shape index (κ3) is 5.31. The highest BCUT2D eigenvalue weighted by molar-refractivity contribution is 7.27. The van der Waals surface area contributed by atoms with Crippen LogP contribution in [0, 0.1) is 0 Å². The number of pyridine rings is 2. The van der Waals surface area contributed by atoms with Gasteiger partial charge in [-0.3, -0.25) is 9.97 Å². The molecule has 11 heteroatoms. The highest BCUT2D eigenvalue weighted by Crippen LogP contribution is 2.41. The Labute approximate surface area is 206 Å². The van der Waals surface area contributed by atoms with Crippen LogP contribution in [-0.4, -0.2) is 32.5 Å². The summed E-state index contributed by atoms with van der Waals surface area (Å²) >= 11 is 3.00. The van der Waals surface area contributed by atoms with E-state index in [4.69, 9.17) is 15.7 Å². The standard InChI is InChI=1S/C24H19F3N6S2/c25-24(26,27)15-6-4-14(5-7-15)11-16(28)12-31-23-33-20(18-3-1-2-9-30-18)21(35-23)22-32-17-8-10-29-13-19(17)34-22/h1-10,13,16H,11-12,28H2,(H,31,33)/t16-/m1/s1. The van der Waals surface area contributed by atoms with Gasteiger partial charge in [-0.2, -0.15) is 13.2 Å². The number of anilines is 1. The Morgan fingerprint density at radius 1 is 0.971 bits per heavy atom. The van der Waals surface area contributed by atoms with Crippen LogP contribution < -0.4 is 11.1 Å². The summed E-state index contributed by atoms with van der Waals surface area (Å²) in [5.41, 5.74) is 8.65. The summed E-state index contributed by atoms with van der Waals surface area (Å²) in [6.45, 7) is 0.402. The summed E-state index contributed by atoms with van der Waals surface area (Å²) < 4.78 is 39.3. The fourth-order valence-corrected chi connectivity index (χ4v) is 5.51. The van der Waals surface area contributed by atoms with Crippen molar-refractivity contribution in [3.63, 3.8) is 0 Å². The van der Waals surface area contributed by atoms with Crippen molar-refractivity contribution in [2.75, 3.05) is 11.9 Å². The summed E-state index contributed by atoms with van der Waals surface area (Å²) in [7, 11) is 0. The van der Waals surface area contributed by atoms with Gasteiger partial charge >= 0.3 is 6.18 Å². The fourth-order valence-electron chi connectivity index (χ4n) is 3.52. The van der Waals surface area contributed by atoms with Crippen LogP contribution >= 0.6 is 22.7 Å². The number of hydrogen-bond donors (Lipinski definition) is 2. The zero-order valence-corrected chi connectivity index (χ0v) is 19.8. The molecule has 0 aliphatic carbocycles. The van der Waals surface area contributed by atoms with Gasteiger partial charge in [0.15, 0.2) is 5.13 Å². The lowest BCUT2D eigenvalue weighted by Crippen LogP contribution is -2.31. The summed E-state index contributed by atoms with van der Waals surface area (Å²) in [6, 6.07) is 12.3. The van der Waals surface area contributed by atoms with E-state index in [-0.39, 0.29) is 6.04 Å². The van der Waals surface area contributed by atoms with Crippen LogP contribution in [-0.2, 0) is 12.6 Å². The van der Waals surface area contributed by atoms with Crippen molar-refractivity contribution in [1.82, 2.24) is 19.9 Å². The van der Waals surface area contributed by atoms with Crippen molar-refractivity contribution in [3.8, 4) is 21.3 Å². The minimum Gasteiger partial charge on any atom is -0.360 e. The van der Waals surface area contributed by atoms with Gasteiger partial charge < -0.3 is 11.1 Å². The molecule has 4 heterocycles. The lowest BCUT2D eigenvalue weighted by molar-refractivity contribution is -0.137. The largest absolute Gasteiger partial charge is 0.416 e. The minimum absolute atomic E-state index is 0.314. The van der Waals surface area contributed by atoms with Gasteiger partial charge in [0.05, 0.1) is 26.4 Å². The number of nitrogens with two attached hydrogens (primary N) is 1. The zero-order chi connectivity index (χ0) is 24.4. The Hall–Kier alpha value is -3.41. The van der Waals surface area contributed by atoms with Crippen LogP contribution in [0.25, 0.3) is 31.5 Å². The Balaban J connectivity index is 1.34. The normalized spacial score (nSPS) is 12.7. The van der Waals surface area contributed by atoms with E-state index in [2.05, 4.69) is 15.3 Å². The molecule has 1 aromatic carbocycles. The second-order valence-corrected chi connectivity index (χ2v) is 9.84. The highest BCUT2D eigenvalue weighted by atomic mass is 32.1. The molecule has 3 N–H and O–H groups in total. The summed E-state index contributed by atoms with van der Waals surface area (Å²) in [5.74, 6) is 0. The third-order valence-corrected chi connectivity index (χ3v) is 7.39. The lowest BCUT2D eigenvalue weighted by Gasteiger charge is -2.13. The van der Waals surface area contributed by atoms with Crippen molar-refractivity contribution < 1.29 is 13.2 Å². The van der Waals surface area contributed by atoms with Crippen LogP contribution in [0.15, 0.2) is 67.1 Å². The molecular weight excluding hydrogens is 493 g/mol. The fraction of sp³-hybridized carbons (Fsp3) is 0.167. The van der Waals surface area contributed by atoms with Crippen molar-refractivity contribution in [2.24, 2.45) is 5.73 Å². The first-order chi connectivity index (χ1) is 16.9. The quantitative estimate of drug-likeness (QED) is 0.283. The first-order valence-corrected chi connectivity index (χ1v) is 12.3. The molecule has 0 bridgehead atoms. The minimum atomic E-state index is -4.35. The molecule has 0 saturated heterocycles. The maximum absolute atomic E-state index is 12.8. The van der Waals surface area contributed by atoms with E-state index in [0.717, 1.165) is 49.2 Å². The smallest absolute Gasteiger partial charge is 0.360 e. The van der Waals surface area contributed by atoms with Gasteiger partial charge in [0.2, 0.25) is 0 Å². The monoisotopic (exact) mass is 512 g/mol. The molecular formula is C24H19F3N6S2. The van der Waals surface area contributed by atoms with Crippen LogP contribution in [0.1, 0.15) is 11.1 Å². The molecule has 0 spiro atoms. The Bertz CT molecular complexity index is 1400. The van der Waals surface area contributed by atoms with Crippen LogP contribution in [0.4, 0.5) is 18.3 Å². The molecule has 0 unspecified atom stereocenters. The number of nitrogens with one attached hydrogen (secondary N) is 1. The average molecular weight is 513 g/mol. The van der Waals surface area contributed by atoms with Gasteiger partial charge in [0.25, 0.3) is 0 Å². The molecule has 0 radical (unpaired) electrons. The summed E-state index contributed by atoms with van der Waals surface area (Å²) in [6.07, 6.45) is 1.30. The number of rotatable bonds is 7. The van der Waals surface area contributed by atoms with E-state index >= 15 is 0 Å². The van der Waals surface area contributed by atoms with E-state index < -0.39 is 11.7 Å². The first kappa shape index (κ1) is 23.3. The van der Waals surface area contributed by atoms with E-state index in [9.17, 15) is 13.2 Å². The maximum Gasteiger partial charge on any atom is 0.416 e. The second kappa shape index (κ2) is 9.68. The molecule has 6 nitrogen and oxygen atoms in total. The van der Waals surface area contributed by atoms with Crippen molar-refractivity contribution in [3.05, 3.63) is 78.2 Å². The van der Waals surface area contributed by atoms with E-state index in [1.807, 2.05) is 24.3 Å². The molecule has 178 valence electrons. The highest BCUT2D eigenvalue weighted by Gasteiger charge is 2.30. The van der Waals surface area contributed by atoms with E-state index in [0.29, 0.717) is 18.1 Å². The number of fused-ring (bicyclic) bond motifs is 1. The number of nitrogens with zero attached hydrogens (tertiary/aromatic N) is 4. The number of halogens is 3. The molecule has 0 amide bonds. The Morgan fingerprint density at radius 2 is 1.80 bits per heavy atom. The summed E-state index contributed by atoms with van der Waals surface area (Å²) in [5, 5.41) is 4.77. The lowest BCUT2D eigenvalue weighted by atomic mass is 10.0. The van der Waals surface area contributed by atoms with Gasteiger partial charge in [-0.25, -0.2) is 9.97 Å². The van der Waals surface area contributed by atoms with Crippen LogP contribution in [0.2, 0.25) is 0 Å². The van der Waals surface area contributed by atoms with Gasteiger partial charge in [-0.05, 0) is 42.3 Å². The molecule has 0 fully saturated rings. The van der Waals surface area contributed by atoms with Crippen LogP contribution in [0.3, 0.4) is 0 Å². The van der Waals surface area contributed by atoms with Crippen LogP contribution in [0.5, 0.6) is 0 Å². The van der Waals surface area contributed by atoms with Gasteiger partial charge in [0, 0.05) is 31.2 Å². The second-order valence-electron chi connectivity index (χ2n) is 7.81. The molecule has 0 aliphatic rings. The molecule has 0 aliphatic heterocycles. The number of alkyl halides is 3. The predicted octanol–water partition coefficient (Wildman–Crippen LogP) is 5.88. The first-order valence-electron chi connectivity index (χ1n) is 10.7. The van der Waals surface area contributed by atoms with Gasteiger partial charge in [-0.1, -0.05) is 29.5 Å². The predicted molar refractivity (Wildman–Crippen MR) is 133 cm³/mol. The SMILES string of the molecule is N[C@@H](CNc1nc(-c2ccccn2)c(-c2nc3ccncc3s2)s1)Cc1ccc(C(F)(F)F)cc1. The number of hydrogen-bond acceptors (Lipinski definition) is 8. The average Bonchev–Trinajstić information content (AvgIpc) is 3.47. The molecule has 0 saturated carbocycles. The molecule has 35 heavy (non-hydrogen) atoms. The molecule has 4 aromatic heterocycles. The molecule has 5 aromatic rings. The Kier molecular flexibility index (Phi) is 6.46. The Morgan fingerprint density at radius 3 is 2.51 bits per heavy atom. The number of aromatic nitrogens is 4. The summed E-state index contributed by atoms with van der Waals surface area (Å²) in [4.78, 5) is 19.0. The van der Waals surface area contributed by atoms with E-state index in [1.165, 1.54) is 34.8 Å². The van der Waals surface area contributed by atoms with Gasteiger partial charge in [-0.15, -0.1) is 11.3 Å². The maximum atomic E-state index is 12.8. The number of thiazole rings is 2.